The van der Waals surface area contributed by atoms with Gasteiger partial charge < -0.3 is 5.43 Å². The zero-order chi connectivity index (χ0) is 12.1. The Hall–Kier alpha value is -1.35. The molecule has 0 saturated heterocycles. The molecule has 92 valence electrons. The van der Waals surface area contributed by atoms with Crippen molar-refractivity contribution >= 4 is 5.84 Å². The molecule has 1 saturated carbocycles. The van der Waals surface area contributed by atoms with Crippen LogP contribution in [-0.2, 0) is 6.42 Å². The molecule has 3 nitrogen and oxygen atoms in total. The van der Waals surface area contributed by atoms with Crippen LogP contribution in [0.15, 0.2) is 29.3 Å². The van der Waals surface area contributed by atoms with Crippen molar-refractivity contribution in [3.63, 3.8) is 0 Å². The fourth-order valence-corrected chi connectivity index (χ4v) is 2.46. The number of aryl methyl sites for hydroxylation is 1. The van der Waals surface area contributed by atoms with E-state index in [1.807, 2.05) is 6.07 Å². The highest BCUT2D eigenvalue weighted by molar-refractivity contribution is 5.99. The van der Waals surface area contributed by atoms with E-state index in [2.05, 4.69) is 30.5 Å². The van der Waals surface area contributed by atoms with Crippen LogP contribution < -0.4 is 11.3 Å². The number of hydrazine groups is 1. The number of amidine groups is 1. The number of benzene rings is 1. The predicted molar refractivity (Wildman–Crippen MR) is 71.9 cm³/mol. The van der Waals surface area contributed by atoms with E-state index in [0.717, 1.165) is 17.8 Å². The molecule has 3 heteroatoms. The molecular formula is C14H21N3. The van der Waals surface area contributed by atoms with Gasteiger partial charge in [0.1, 0.15) is 5.84 Å². The van der Waals surface area contributed by atoms with Crippen molar-refractivity contribution in [3.8, 4) is 0 Å². The van der Waals surface area contributed by atoms with Crippen molar-refractivity contribution in [3.05, 3.63) is 35.4 Å². The minimum atomic E-state index is 0.450. The molecule has 0 amide bonds. The maximum atomic E-state index is 5.63. The van der Waals surface area contributed by atoms with Crippen molar-refractivity contribution in [2.45, 2.75) is 45.1 Å². The molecule has 1 aromatic rings. The lowest BCUT2D eigenvalue weighted by molar-refractivity contribution is 0.700. The van der Waals surface area contributed by atoms with Crippen LogP contribution in [0.4, 0.5) is 0 Å². The van der Waals surface area contributed by atoms with Crippen molar-refractivity contribution in [1.82, 2.24) is 5.43 Å². The Bertz CT molecular complexity index is 392. The molecular weight excluding hydrogens is 210 g/mol. The van der Waals surface area contributed by atoms with Crippen LogP contribution in [-0.4, -0.2) is 11.9 Å². The number of nitrogens with two attached hydrogens (primary N) is 1. The zero-order valence-corrected chi connectivity index (χ0v) is 10.4. The van der Waals surface area contributed by atoms with E-state index in [1.54, 1.807) is 0 Å². The van der Waals surface area contributed by atoms with Crippen LogP contribution in [0.25, 0.3) is 0 Å². The summed E-state index contributed by atoms with van der Waals surface area (Å²) < 4.78 is 0. The number of hydrogen-bond acceptors (Lipinski definition) is 2. The van der Waals surface area contributed by atoms with E-state index in [4.69, 9.17) is 10.8 Å². The first-order chi connectivity index (χ1) is 8.35. The molecule has 0 spiro atoms. The minimum absolute atomic E-state index is 0.450. The first kappa shape index (κ1) is 12.1. The minimum Gasteiger partial charge on any atom is -0.308 e. The standard InChI is InChI=1S/C14H21N3/c1-2-11-7-3-6-10-13(11)14(17-15)16-12-8-4-5-9-12/h3,6-7,10,12H,2,4-5,8-9,15H2,1H3,(H,16,17). The molecule has 0 radical (unpaired) electrons. The molecule has 0 atom stereocenters. The zero-order valence-electron chi connectivity index (χ0n) is 10.4. The second-order valence-electron chi connectivity index (χ2n) is 4.57. The van der Waals surface area contributed by atoms with Gasteiger partial charge in [-0.1, -0.05) is 44.0 Å². The number of rotatable bonds is 3. The van der Waals surface area contributed by atoms with Gasteiger partial charge in [-0.2, -0.15) is 0 Å². The third kappa shape index (κ3) is 2.86. The van der Waals surface area contributed by atoms with Crippen molar-refractivity contribution < 1.29 is 0 Å². The van der Waals surface area contributed by atoms with E-state index in [1.165, 1.54) is 31.2 Å². The first-order valence-corrected chi connectivity index (χ1v) is 6.47. The largest absolute Gasteiger partial charge is 0.308 e. The van der Waals surface area contributed by atoms with Crippen molar-refractivity contribution in [2.75, 3.05) is 0 Å². The van der Waals surface area contributed by atoms with E-state index < -0.39 is 0 Å². The molecule has 0 bridgehead atoms. The lowest BCUT2D eigenvalue weighted by Gasteiger charge is -2.12. The smallest absolute Gasteiger partial charge is 0.143 e. The lowest BCUT2D eigenvalue weighted by Crippen LogP contribution is -2.33. The van der Waals surface area contributed by atoms with E-state index >= 15 is 0 Å². The average molecular weight is 231 g/mol. The van der Waals surface area contributed by atoms with Crippen LogP contribution in [0.1, 0.15) is 43.7 Å². The Balaban J connectivity index is 2.27. The molecule has 1 aliphatic carbocycles. The van der Waals surface area contributed by atoms with Gasteiger partial charge in [0, 0.05) is 5.56 Å². The van der Waals surface area contributed by atoms with Gasteiger partial charge in [0.15, 0.2) is 0 Å². The number of nitrogens with one attached hydrogen (secondary N) is 1. The molecule has 0 unspecified atom stereocenters. The Morgan fingerprint density at radius 2 is 2.06 bits per heavy atom. The van der Waals surface area contributed by atoms with Gasteiger partial charge in [-0.15, -0.1) is 0 Å². The van der Waals surface area contributed by atoms with Crippen molar-refractivity contribution in [1.29, 1.82) is 0 Å². The topological polar surface area (TPSA) is 50.4 Å². The van der Waals surface area contributed by atoms with E-state index in [-0.39, 0.29) is 0 Å². The summed E-state index contributed by atoms with van der Waals surface area (Å²) in [4.78, 5) is 4.75. The normalized spacial score (nSPS) is 17.4. The van der Waals surface area contributed by atoms with Crippen molar-refractivity contribution in [2.24, 2.45) is 10.8 Å². The summed E-state index contributed by atoms with van der Waals surface area (Å²) in [5, 5.41) is 0. The molecule has 3 N–H and O–H groups in total. The van der Waals surface area contributed by atoms with Gasteiger partial charge in [-0.05, 0) is 24.8 Å². The Morgan fingerprint density at radius 1 is 1.35 bits per heavy atom. The van der Waals surface area contributed by atoms with Crippen LogP contribution in [0.2, 0.25) is 0 Å². The van der Waals surface area contributed by atoms with Gasteiger partial charge >= 0.3 is 0 Å². The van der Waals surface area contributed by atoms with Gasteiger partial charge in [-0.25, -0.2) is 5.84 Å². The number of nitrogens with zero attached hydrogens (tertiary/aromatic N) is 1. The molecule has 1 fully saturated rings. The molecule has 2 rings (SSSR count). The van der Waals surface area contributed by atoms with Crippen LogP contribution >= 0.6 is 0 Å². The monoisotopic (exact) mass is 231 g/mol. The summed E-state index contributed by atoms with van der Waals surface area (Å²) in [6, 6.07) is 8.77. The summed E-state index contributed by atoms with van der Waals surface area (Å²) in [6.45, 7) is 2.16. The molecule has 0 heterocycles. The maximum Gasteiger partial charge on any atom is 0.143 e. The predicted octanol–water partition coefficient (Wildman–Crippen LogP) is 2.40. The highest BCUT2D eigenvalue weighted by atomic mass is 15.3. The summed E-state index contributed by atoms with van der Waals surface area (Å²) in [5.74, 6) is 6.47. The molecule has 0 aliphatic heterocycles. The first-order valence-electron chi connectivity index (χ1n) is 6.47. The molecule has 0 aromatic heterocycles. The Kier molecular flexibility index (Phi) is 4.15. The third-order valence-electron chi connectivity index (χ3n) is 3.43. The Labute approximate surface area is 103 Å². The van der Waals surface area contributed by atoms with Gasteiger partial charge in [-0.3, -0.25) is 4.99 Å². The van der Waals surface area contributed by atoms with Crippen LogP contribution in [0.5, 0.6) is 0 Å². The van der Waals surface area contributed by atoms with Gasteiger partial charge in [0.2, 0.25) is 0 Å². The highest BCUT2D eigenvalue weighted by Crippen LogP contribution is 2.22. The molecule has 1 aliphatic rings. The number of aliphatic imine (C=N–C) groups is 1. The van der Waals surface area contributed by atoms with E-state index in [0.29, 0.717) is 6.04 Å². The maximum absolute atomic E-state index is 5.63. The second kappa shape index (κ2) is 5.82. The van der Waals surface area contributed by atoms with Crippen LogP contribution in [0.3, 0.4) is 0 Å². The Morgan fingerprint density at radius 3 is 2.71 bits per heavy atom. The lowest BCUT2D eigenvalue weighted by atomic mass is 10.0. The summed E-state index contributed by atoms with van der Waals surface area (Å²) in [5.41, 5.74) is 5.21. The average Bonchev–Trinajstić information content (AvgIpc) is 2.89. The highest BCUT2D eigenvalue weighted by Gasteiger charge is 2.15. The summed E-state index contributed by atoms with van der Waals surface area (Å²) in [6.07, 6.45) is 5.98. The third-order valence-corrected chi connectivity index (χ3v) is 3.43. The molecule has 17 heavy (non-hydrogen) atoms. The quantitative estimate of drug-likeness (QED) is 0.363. The number of hydrogen-bond donors (Lipinski definition) is 2. The fraction of sp³-hybridized carbons (Fsp3) is 0.500. The van der Waals surface area contributed by atoms with Gasteiger partial charge in [0.05, 0.1) is 6.04 Å². The molecule has 1 aromatic carbocycles. The second-order valence-corrected chi connectivity index (χ2v) is 4.57. The van der Waals surface area contributed by atoms with Gasteiger partial charge in [0.25, 0.3) is 0 Å². The fourth-order valence-electron chi connectivity index (χ4n) is 2.46. The van der Waals surface area contributed by atoms with E-state index in [9.17, 15) is 0 Å². The summed E-state index contributed by atoms with van der Waals surface area (Å²) >= 11 is 0. The SMILES string of the molecule is CCc1ccccc1C(=NC1CCCC1)NN. The van der Waals surface area contributed by atoms with Crippen LogP contribution in [0, 0.1) is 0 Å². The summed E-state index contributed by atoms with van der Waals surface area (Å²) in [7, 11) is 0.